The van der Waals surface area contributed by atoms with Crippen molar-refractivity contribution in [1.82, 2.24) is 0 Å². The second-order valence-electron chi connectivity index (χ2n) is 4.68. The highest BCUT2D eigenvalue weighted by molar-refractivity contribution is 6.31. The molecule has 0 atom stereocenters. The third-order valence-electron chi connectivity index (χ3n) is 3.31. The number of benzene rings is 2. The lowest BCUT2D eigenvalue weighted by Gasteiger charge is -2.13. The molecule has 2 aromatic carbocycles. The molecule has 0 saturated heterocycles. The lowest BCUT2D eigenvalue weighted by Crippen LogP contribution is -1.98. The molecule has 0 spiro atoms. The van der Waals surface area contributed by atoms with Gasteiger partial charge in [0.05, 0.1) is 12.8 Å². The van der Waals surface area contributed by atoms with Crippen LogP contribution in [0.2, 0.25) is 5.02 Å². The van der Waals surface area contributed by atoms with Crippen LogP contribution in [0.1, 0.15) is 18.1 Å². The highest BCUT2D eigenvalue weighted by Crippen LogP contribution is 2.36. The van der Waals surface area contributed by atoms with Gasteiger partial charge in [0.1, 0.15) is 11.6 Å². The third kappa shape index (κ3) is 3.00. The summed E-state index contributed by atoms with van der Waals surface area (Å²) < 4.78 is 19.5. The van der Waals surface area contributed by atoms with Gasteiger partial charge in [-0.05, 0) is 49.2 Å². The van der Waals surface area contributed by atoms with Crippen molar-refractivity contribution in [2.75, 3.05) is 7.11 Å². The van der Waals surface area contributed by atoms with Gasteiger partial charge >= 0.3 is 0 Å². The second kappa shape index (κ2) is 6.14. The molecule has 21 heavy (non-hydrogen) atoms. The van der Waals surface area contributed by atoms with Crippen molar-refractivity contribution in [2.24, 2.45) is 5.16 Å². The van der Waals surface area contributed by atoms with Crippen molar-refractivity contribution >= 4 is 17.3 Å². The number of rotatable bonds is 3. The third-order valence-corrected chi connectivity index (χ3v) is 3.71. The number of hydrogen-bond acceptors (Lipinski definition) is 3. The summed E-state index contributed by atoms with van der Waals surface area (Å²) in [6.07, 6.45) is 0. The van der Waals surface area contributed by atoms with E-state index in [2.05, 4.69) is 5.16 Å². The van der Waals surface area contributed by atoms with Crippen LogP contribution >= 0.6 is 11.6 Å². The summed E-state index contributed by atoms with van der Waals surface area (Å²) in [7, 11) is 1.51. The Balaban J connectivity index is 2.69. The van der Waals surface area contributed by atoms with Crippen LogP contribution in [0.4, 0.5) is 4.39 Å². The Kier molecular flexibility index (Phi) is 4.48. The minimum atomic E-state index is -0.385. The second-order valence-corrected chi connectivity index (χ2v) is 5.09. The van der Waals surface area contributed by atoms with E-state index in [0.29, 0.717) is 33.2 Å². The molecular formula is C16H15ClFNO2. The molecule has 0 bridgehead atoms. The molecule has 0 aliphatic carbocycles. The summed E-state index contributed by atoms with van der Waals surface area (Å²) in [6.45, 7) is 3.48. The molecule has 2 rings (SSSR count). The number of methoxy groups -OCH3 is 1. The first-order valence-electron chi connectivity index (χ1n) is 6.31. The molecule has 3 nitrogen and oxygen atoms in total. The fourth-order valence-electron chi connectivity index (χ4n) is 2.06. The maximum atomic E-state index is 14.2. The minimum Gasteiger partial charge on any atom is -0.496 e. The highest BCUT2D eigenvalue weighted by Gasteiger charge is 2.14. The van der Waals surface area contributed by atoms with Crippen molar-refractivity contribution < 1.29 is 14.3 Å². The standard InChI is InChI=1S/C16H15ClFNO2/c1-9-6-13(16(21-3)8-14(9)17)12-7-11(10(2)19-20)4-5-15(12)18/h4-8,20H,1-3H3/b19-10+. The van der Waals surface area contributed by atoms with Crippen LogP contribution in [0, 0.1) is 12.7 Å². The van der Waals surface area contributed by atoms with E-state index in [9.17, 15) is 4.39 Å². The van der Waals surface area contributed by atoms with Gasteiger partial charge in [0.2, 0.25) is 0 Å². The first-order chi connectivity index (χ1) is 9.97. The zero-order valence-electron chi connectivity index (χ0n) is 11.9. The molecule has 0 aromatic heterocycles. The average Bonchev–Trinajstić information content (AvgIpc) is 2.49. The van der Waals surface area contributed by atoms with Crippen LogP contribution in [0.3, 0.4) is 0 Å². The van der Waals surface area contributed by atoms with Gasteiger partial charge in [-0.15, -0.1) is 0 Å². The van der Waals surface area contributed by atoms with E-state index >= 15 is 0 Å². The first-order valence-corrected chi connectivity index (χ1v) is 6.68. The number of oxime groups is 1. The Bertz CT molecular complexity index is 714. The first kappa shape index (κ1) is 15.3. The summed E-state index contributed by atoms with van der Waals surface area (Å²) in [5, 5.41) is 12.5. The van der Waals surface area contributed by atoms with E-state index in [-0.39, 0.29) is 5.82 Å². The molecule has 0 radical (unpaired) electrons. The SMILES string of the molecule is COc1cc(Cl)c(C)cc1-c1cc(/C(C)=N/O)ccc1F. The zero-order valence-corrected chi connectivity index (χ0v) is 12.7. The number of ether oxygens (including phenoxy) is 1. The number of halogens is 2. The number of hydrogen-bond donors (Lipinski definition) is 1. The van der Waals surface area contributed by atoms with E-state index in [1.807, 2.05) is 6.92 Å². The normalized spacial score (nSPS) is 11.6. The summed E-state index contributed by atoms with van der Waals surface area (Å²) in [6, 6.07) is 7.95. The molecule has 5 heteroatoms. The van der Waals surface area contributed by atoms with E-state index in [0.717, 1.165) is 5.56 Å². The molecule has 0 amide bonds. The van der Waals surface area contributed by atoms with Crippen molar-refractivity contribution in [3.63, 3.8) is 0 Å². The maximum absolute atomic E-state index is 14.2. The molecule has 1 N–H and O–H groups in total. The molecule has 110 valence electrons. The van der Waals surface area contributed by atoms with Gasteiger partial charge in [-0.3, -0.25) is 0 Å². The lowest BCUT2D eigenvalue weighted by atomic mass is 9.98. The summed E-state index contributed by atoms with van der Waals surface area (Å²) in [4.78, 5) is 0. The van der Waals surface area contributed by atoms with Gasteiger partial charge in [-0.2, -0.15) is 0 Å². The molecule has 0 fully saturated rings. The lowest BCUT2D eigenvalue weighted by molar-refractivity contribution is 0.319. The van der Waals surface area contributed by atoms with Gasteiger partial charge in [0, 0.05) is 16.1 Å². The van der Waals surface area contributed by atoms with Crippen molar-refractivity contribution in [2.45, 2.75) is 13.8 Å². The van der Waals surface area contributed by atoms with Crippen molar-refractivity contribution in [3.05, 3.63) is 52.3 Å². The molecule has 0 saturated carbocycles. The molecular weight excluding hydrogens is 293 g/mol. The summed E-state index contributed by atoms with van der Waals surface area (Å²) in [5.74, 6) is 0.102. The van der Waals surface area contributed by atoms with Crippen LogP contribution in [0.5, 0.6) is 5.75 Å². The fraction of sp³-hybridized carbons (Fsp3) is 0.188. The number of aryl methyl sites for hydroxylation is 1. The molecule has 0 heterocycles. The van der Waals surface area contributed by atoms with E-state index in [4.69, 9.17) is 21.5 Å². The average molecular weight is 308 g/mol. The summed E-state index contributed by atoms with van der Waals surface area (Å²) >= 11 is 6.07. The van der Waals surface area contributed by atoms with E-state index < -0.39 is 0 Å². The topological polar surface area (TPSA) is 41.8 Å². The Hall–Kier alpha value is -2.07. The fourth-order valence-corrected chi connectivity index (χ4v) is 2.21. The quantitative estimate of drug-likeness (QED) is 0.509. The monoisotopic (exact) mass is 307 g/mol. The van der Waals surface area contributed by atoms with Crippen LogP contribution in [0.15, 0.2) is 35.5 Å². The maximum Gasteiger partial charge on any atom is 0.131 e. The van der Waals surface area contributed by atoms with Crippen molar-refractivity contribution in [1.29, 1.82) is 0 Å². The van der Waals surface area contributed by atoms with Crippen molar-refractivity contribution in [3.8, 4) is 16.9 Å². The van der Waals surface area contributed by atoms with Gasteiger partial charge in [0.25, 0.3) is 0 Å². The number of nitrogens with zero attached hydrogens (tertiary/aromatic N) is 1. The van der Waals surface area contributed by atoms with Crippen LogP contribution in [-0.2, 0) is 0 Å². The summed E-state index contributed by atoms with van der Waals surface area (Å²) in [5.41, 5.74) is 2.82. The van der Waals surface area contributed by atoms with Gasteiger partial charge in [-0.1, -0.05) is 22.8 Å². The Morgan fingerprint density at radius 1 is 1.24 bits per heavy atom. The van der Waals surface area contributed by atoms with Gasteiger partial charge in [-0.25, -0.2) is 4.39 Å². The van der Waals surface area contributed by atoms with Gasteiger partial charge in [0.15, 0.2) is 0 Å². The molecule has 0 aliphatic heterocycles. The van der Waals surface area contributed by atoms with Crippen LogP contribution in [-0.4, -0.2) is 18.0 Å². The predicted molar refractivity (Wildman–Crippen MR) is 82.1 cm³/mol. The Labute approximate surface area is 127 Å². The van der Waals surface area contributed by atoms with E-state index in [1.165, 1.54) is 13.2 Å². The smallest absolute Gasteiger partial charge is 0.131 e. The zero-order chi connectivity index (χ0) is 15.6. The van der Waals surface area contributed by atoms with E-state index in [1.54, 1.807) is 31.2 Å². The Morgan fingerprint density at radius 3 is 2.57 bits per heavy atom. The highest BCUT2D eigenvalue weighted by atomic mass is 35.5. The molecule has 2 aromatic rings. The van der Waals surface area contributed by atoms with Gasteiger partial charge < -0.3 is 9.94 Å². The Morgan fingerprint density at radius 2 is 1.95 bits per heavy atom. The predicted octanol–water partition coefficient (Wildman–Crippen LogP) is 4.66. The minimum absolute atomic E-state index is 0.368. The van der Waals surface area contributed by atoms with Crippen LogP contribution in [0.25, 0.3) is 11.1 Å². The molecule has 0 aliphatic rings. The van der Waals surface area contributed by atoms with Crippen LogP contribution < -0.4 is 4.74 Å². The largest absolute Gasteiger partial charge is 0.496 e. The molecule has 0 unspecified atom stereocenters.